The van der Waals surface area contributed by atoms with Crippen molar-refractivity contribution >= 4 is 46.9 Å². The molecule has 0 rings (SSSR count). The Balaban J connectivity index is -0.00000000500. The molecule has 0 radical (unpaired) electrons. The molecule has 0 aromatic rings. The van der Waals surface area contributed by atoms with Crippen LogP contribution in [-0.4, -0.2) is 54.1 Å². The van der Waals surface area contributed by atoms with E-state index in [1.54, 1.807) is 0 Å². The molecule has 0 bridgehead atoms. The summed E-state index contributed by atoms with van der Waals surface area (Å²) in [4.78, 5) is 0. The van der Waals surface area contributed by atoms with Crippen LogP contribution in [0.25, 0.3) is 0 Å². The van der Waals surface area contributed by atoms with Crippen LogP contribution in [0.1, 0.15) is 0 Å². The van der Waals surface area contributed by atoms with E-state index in [0.717, 1.165) is 0 Å². The van der Waals surface area contributed by atoms with Crippen molar-refractivity contribution in [1.29, 1.82) is 0 Å². The second kappa shape index (κ2) is 25.0. The van der Waals surface area contributed by atoms with Crippen LogP contribution in [0, 0.1) is 0 Å². The molecule has 3 heteroatoms. The minimum absolute atomic E-state index is 0. The second-order valence-electron chi connectivity index (χ2n) is 0. The Morgan fingerprint density at radius 3 is 1.25 bits per heavy atom. The zero-order valence-electron chi connectivity index (χ0n) is 1.38. The first-order chi connectivity index (χ1) is 1.00. The second-order valence-corrected chi connectivity index (χ2v) is 0. The van der Waals surface area contributed by atoms with Gasteiger partial charge in [0, 0.05) is 0 Å². The molecule has 4 heavy (non-hydrogen) atoms. The maximum absolute atomic E-state index is 9.50. The molecule has 0 aromatic heterocycles. The summed E-state index contributed by atoms with van der Waals surface area (Å²) in [7, 11) is 0.500. The number of halogens is 1. The Morgan fingerprint density at radius 2 is 1.25 bits per heavy atom. The van der Waals surface area contributed by atoms with Gasteiger partial charge < -0.3 is 0 Å². The molecule has 22 valence electrons. The summed E-state index contributed by atoms with van der Waals surface area (Å²) in [5.74, 6) is 0. The fourth-order valence-corrected chi connectivity index (χ4v) is 0. The van der Waals surface area contributed by atoms with E-state index in [1.807, 2.05) is 0 Å². The molecule has 0 N–H and O–H groups in total. The molecular weight excluding hydrogens is 81.0 g/mol. The molecule has 0 saturated carbocycles. The predicted molar refractivity (Wildman–Crippen MR) is 24.1 cm³/mol. The Hall–Kier alpha value is 1.46. The van der Waals surface area contributed by atoms with Crippen molar-refractivity contribution in [3.63, 3.8) is 0 Å². The first-order valence-corrected chi connectivity index (χ1v) is 0.378. The fourth-order valence-electron chi connectivity index (χ4n) is 0. The first kappa shape index (κ1) is 17.9. The molecule has 0 unspecified atom stereocenters. The van der Waals surface area contributed by atoms with Crippen molar-refractivity contribution in [3.05, 3.63) is 0 Å². The van der Waals surface area contributed by atoms with Crippen molar-refractivity contribution in [3.8, 4) is 0 Å². The van der Waals surface area contributed by atoms with Gasteiger partial charge >= 0.3 is 29.6 Å². The van der Waals surface area contributed by atoms with Gasteiger partial charge in [-0.05, 0) is 0 Å². The van der Waals surface area contributed by atoms with E-state index in [4.69, 9.17) is 0 Å². The Labute approximate surface area is 58.2 Å². The zero-order chi connectivity index (χ0) is 2.00. The summed E-state index contributed by atoms with van der Waals surface area (Å²) in [5.41, 5.74) is 0. The van der Waals surface area contributed by atoms with Gasteiger partial charge in [0.25, 0.3) is 0 Å². The normalized spacial score (nSPS) is 1.50. The van der Waals surface area contributed by atoms with Gasteiger partial charge in [-0.3, -0.25) is 4.39 Å². The van der Waals surface area contributed by atoms with Crippen LogP contribution in [0.3, 0.4) is 0 Å². The minimum atomic E-state index is 0. The molecule has 0 atom stereocenters. The van der Waals surface area contributed by atoms with Crippen molar-refractivity contribution < 1.29 is 4.39 Å². The van der Waals surface area contributed by atoms with Crippen LogP contribution in [0.2, 0.25) is 0 Å². The third-order valence-corrected chi connectivity index (χ3v) is 0. The molecule has 0 aliphatic heterocycles. The molecule has 0 fully saturated rings. The van der Waals surface area contributed by atoms with Crippen molar-refractivity contribution in [1.82, 2.24) is 0 Å². The van der Waals surface area contributed by atoms with E-state index in [2.05, 4.69) is 0 Å². The molecule has 0 aliphatic carbocycles. The van der Waals surface area contributed by atoms with Crippen molar-refractivity contribution in [2.24, 2.45) is 0 Å². The molecule has 0 spiro atoms. The summed E-state index contributed by atoms with van der Waals surface area (Å²) in [6, 6.07) is 0. The first-order valence-electron chi connectivity index (χ1n) is 0.378. The summed E-state index contributed by atoms with van der Waals surface area (Å²) in [6.45, 7) is 0. The fraction of sp³-hybridized carbons (Fsp3) is 1.00. The average molecular weight is 88.0 g/mol. The summed E-state index contributed by atoms with van der Waals surface area (Å²) >= 11 is 0. The standard InChI is InChI=1S/CH3F.Al.Na.4H/c1-2;;;;;;/h1H3;;;;;;. The molecular formula is CH7AlFNa. The summed E-state index contributed by atoms with van der Waals surface area (Å²) in [6.07, 6.45) is 0. The summed E-state index contributed by atoms with van der Waals surface area (Å²) < 4.78 is 9.50. The van der Waals surface area contributed by atoms with Crippen LogP contribution >= 0.6 is 0 Å². The van der Waals surface area contributed by atoms with E-state index in [-0.39, 0.29) is 46.9 Å². The average Bonchev–Trinajstić information content (AvgIpc) is 1.00. The number of hydrogen-bond donors (Lipinski definition) is 0. The van der Waals surface area contributed by atoms with Gasteiger partial charge in [-0.2, -0.15) is 0 Å². The molecule has 0 aromatic carbocycles. The van der Waals surface area contributed by atoms with Gasteiger partial charge in [0.1, 0.15) is 0 Å². The quantitative estimate of drug-likeness (QED) is 0.325. The topological polar surface area (TPSA) is 0 Å². The predicted octanol–water partition coefficient (Wildman–Crippen LogP) is -1.25. The summed E-state index contributed by atoms with van der Waals surface area (Å²) in [5, 5.41) is 0. The molecule has 0 aliphatic rings. The van der Waals surface area contributed by atoms with E-state index >= 15 is 0 Å². The SMILES string of the molecule is CF.[AlH3].[NaH]. The van der Waals surface area contributed by atoms with Gasteiger partial charge in [0.2, 0.25) is 0 Å². The van der Waals surface area contributed by atoms with Gasteiger partial charge in [-0.1, -0.05) is 0 Å². The van der Waals surface area contributed by atoms with Gasteiger partial charge in [0.05, 0.1) is 7.18 Å². The molecule has 0 amide bonds. The molecule has 0 heterocycles. The molecule has 0 saturated heterocycles. The van der Waals surface area contributed by atoms with E-state index < -0.39 is 0 Å². The van der Waals surface area contributed by atoms with Crippen LogP contribution in [0.5, 0.6) is 0 Å². The third-order valence-electron chi connectivity index (χ3n) is 0. The Kier molecular flexibility index (Phi) is 112. The third kappa shape index (κ3) is 9.82. The van der Waals surface area contributed by atoms with Gasteiger partial charge in [-0.15, -0.1) is 0 Å². The molecule has 0 nitrogen and oxygen atoms in total. The van der Waals surface area contributed by atoms with Gasteiger partial charge in [0.15, 0.2) is 17.4 Å². The Bertz CT molecular complexity index is 8.00. The van der Waals surface area contributed by atoms with E-state index in [1.165, 1.54) is 0 Å². The van der Waals surface area contributed by atoms with Crippen LogP contribution in [-0.2, 0) is 0 Å². The zero-order valence-corrected chi connectivity index (χ0v) is 1.38. The number of alkyl halides is 1. The van der Waals surface area contributed by atoms with Crippen LogP contribution in [0.4, 0.5) is 4.39 Å². The monoisotopic (exact) mass is 88.0 g/mol. The number of rotatable bonds is 0. The number of hydrogen-bond acceptors (Lipinski definition) is 0. The van der Waals surface area contributed by atoms with Gasteiger partial charge in [-0.25, -0.2) is 0 Å². The van der Waals surface area contributed by atoms with Crippen LogP contribution in [0.15, 0.2) is 0 Å². The van der Waals surface area contributed by atoms with E-state index in [0.29, 0.717) is 7.18 Å². The van der Waals surface area contributed by atoms with Crippen LogP contribution < -0.4 is 0 Å². The Morgan fingerprint density at radius 1 is 1.25 bits per heavy atom. The maximum atomic E-state index is 9.50. The van der Waals surface area contributed by atoms with E-state index in [9.17, 15) is 4.39 Å². The van der Waals surface area contributed by atoms with Crippen molar-refractivity contribution in [2.45, 2.75) is 0 Å². The van der Waals surface area contributed by atoms with Crippen molar-refractivity contribution in [2.75, 3.05) is 7.18 Å².